The average molecular weight is 823 g/mol. The van der Waals surface area contributed by atoms with Crippen molar-refractivity contribution >= 4 is 34.8 Å². The maximum absolute atomic E-state index is 13.9. The number of aromatic amines is 2. The highest BCUT2D eigenvalue weighted by atomic mass is 16.5. The van der Waals surface area contributed by atoms with Crippen LogP contribution in [0.2, 0.25) is 0 Å². The van der Waals surface area contributed by atoms with Gasteiger partial charge in [0.1, 0.15) is 23.7 Å². The van der Waals surface area contributed by atoms with Crippen molar-refractivity contribution in [2.45, 2.75) is 63.7 Å². The summed E-state index contributed by atoms with van der Waals surface area (Å²) >= 11 is 0. The van der Waals surface area contributed by atoms with E-state index in [-0.39, 0.29) is 29.8 Å². The summed E-state index contributed by atoms with van der Waals surface area (Å²) in [6, 6.07) is 28.2. The van der Waals surface area contributed by atoms with Crippen LogP contribution in [-0.4, -0.2) is 87.1 Å². The molecule has 14 nitrogen and oxygen atoms in total. The lowest BCUT2D eigenvalue weighted by atomic mass is 9.98. The number of imidazole rings is 2. The number of nitrogens with one attached hydrogen (secondary N) is 4. The molecule has 2 aliphatic rings. The van der Waals surface area contributed by atoms with Crippen molar-refractivity contribution in [2.75, 3.05) is 27.3 Å². The van der Waals surface area contributed by atoms with Gasteiger partial charge in [0.15, 0.2) is 0 Å². The van der Waals surface area contributed by atoms with Crippen LogP contribution in [0, 0.1) is 5.92 Å². The zero-order valence-corrected chi connectivity index (χ0v) is 34.7. The Morgan fingerprint density at radius 3 is 1.74 bits per heavy atom. The van der Waals surface area contributed by atoms with E-state index < -0.39 is 24.3 Å². The summed E-state index contributed by atoms with van der Waals surface area (Å²) in [6.07, 6.45) is 5.53. The molecular formula is C47H50N8O6. The number of likely N-dealkylation sites (tertiary alicyclic amines) is 2. The predicted octanol–water partition coefficient (Wildman–Crippen LogP) is 8.09. The molecule has 2 fully saturated rings. The Kier molecular flexibility index (Phi) is 11.9. The summed E-state index contributed by atoms with van der Waals surface area (Å²) in [6.45, 7) is 4.95. The Morgan fingerprint density at radius 1 is 0.639 bits per heavy atom. The molecule has 4 N–H and O–H groups in total. The number of amides is 4. The third-order valence-corrected chi connectivity index (χ3v) is 11.8. The number of fused-ring (bicyclic) bond motifs is 1. The molecule has 4 amide bonds. The van der Waals surface area contributed by atoms with Gasteiger partial charge in [0.2, 0.25) is 5.91 Å². The van der Waals surface area contributed by atoms with Crippen LogP contribution in [0.4, 0.5) is 9.59 Å². The number of benzene rings is 4. The summed E-state index contributed by atoms with van der Waals surface area (Å²) in [4.78, 5) is 71.7. The second-order valence-electron chi connectivity index (χ2n) is 15.9. The fourth-order valence-corrected chi connectivity index (χ4v) is 8.52. The van der Waals surface area contributed by atoms with Gasteiger partial charge in [-0.15, -0.1) is 0 Å². The average Bonchev–Trinajstić information content (AvgIpc) is 4.14. The van der Waals surface area contributed by atoms with E-state index in [2.05, 4.69) is 81.3 Å². The number of hydrogen-bond donors (Lipinski definition) is 4. The Bertz CT molecular complexity index is 2530. The van der Waals surface area contributed by atoms with Gasteiger partial charge in [-0.3, -0.25) is 9.59 Å². The highest BCUT2D eigenvalue weighted by molar-refractivity contribution is 5.91. The van der Waals surface area contributed by atoms with Gasteiger partial charge < -0.3 is 39.9 Å². The minimum atomic E-state index is -0.881. The molecule has 0 spiro atoms. The van der Waals surface area contributed by atoms with Gasteiger partial charge in [0, 0.05) is 18.7 Å². The molecule has 0 aliphatic carbocycles. The van der Waals surface area contributed by atoms with Gasteiger partial charge >= 0.3 is 12.2 Å². The lowest BCUT2D eigenvalue weighted by molar-refractivity contribution is -0.135. The first-order valence-corrected chi connectivity index (χ1v) is 20.7. The van der Waals surface area contributed by atoms with Gasteiger partial charge in [-0.1, -0.05) is 92.7 Å². The number of H-pyrrole nitrogens is 2. The molecule has 6 aromatic rings. The van der Waals surface area contributed by atoms with Crippen LogP contribution in [-0.2, 0) is 19.1 Å². The molecule has 4 heterocycles. The second-order valence-corrected chi connectivity index (χ2v) is 15.9. The van der Waals surface area contributed by atoms with Crippen molar-refractivity contribution in [2.24, 2.45) is 5.92 Å². The fraction of sp³-hybridized carbons (Fsp3) is 0.319. The maximum atomic E-state index is 13.9. The predicted molar refractivity (Wildman–Crippen MR) is 231 cm³/mol. The van der Waals surface area contributed by atoms with Gasteiger partial charge in [-0.05, 0) is 76.8 Å². The molecule has 8 rings (SSSR count). The third-order valence-electron chi connectivity index (χ3n) is 11.8. The minimum absolute atomic E-state index is 0.107. The molecule has 2 saturated heterocycles. The molecule has 4 atom stereocenters. The first-order valence-electron chi connectivity index (χ1n) is 20.7. The summed E-state index contributed by atoms with van der Waals surface area (Å²) in [5, 5.41) is 7.60. The van der Waals surface area contributed by atoms with Gasteiger partial charge in [-0.25, -0.2) is 19.6 Å². The molecule has 0 radical (unpaired) electrons. The van der Waals surface area contributed by atoms with Gasteiger partial charge in [-0.2, -0.15) is 0 Å². The normalized spacial score (nSPS) is 17.3. The minimum Gasteiger partial charge on any atom is -0.453 e. The molecule has 0 unspecified atom stereocenters. The van der Waals surface area contributed by atoms with E-state index in [4.69, 9.17) is 19.4 Å². The molecule has 0 bridgehead atoms. The van der Waals surface area contributed by atoms with Gasteiger partial charge in [0.25, 0.3) is 5.91 Å². The fourth-order valence-electron chi connectivity index (χ4n) is 8.52. The Hall–Kier alpha value is -6.96. The molecule has 314 valence electrons. The summed E-state index contributed by atoms with van der Waals surface area (Å²) in [5.41, 5.74) is 6.52. The van der Waals surface area contributed by atoms with Crippen LogP contribution >= 0.6 is 0 Å². The summed E-state index contributed by atoms with van der Waals surface area (Å²) in [5.74, 6) is 0.973. The largest absolute Gasteiger partial charge is 0.453 e. The molecular weight excluding hydrogens is 773 g/mol. The van der Waals surface area contributed by atoms with E-state index in [0.29, 0.717) is 24.5 Å². The van der Waals surface area contributed by atoms with Crippen molar-refractivity contribution in [3.05, 3.63) is 121 Å². The van der Waals surface area contributed by atoms with Gasteiger partial charge in [0.05, 0.1) is 50.1 Å². The standard InChI is InChI=1S/C47H50N8O6/c1-28(2)40(52-46(58)60-3)44(56)54-22-8-12-38(54)42-48-26-36(50-42)30-16-14-29(15-17-30)32-18-19-34-25-35(21-20-33(34)24-32)37-27-49-43(51-37)39-13-9-23-55(39)45(57)41(53-47(59)61-4)31-10-6-5-7-11-31/h5-7,10-11,14-21,24-28,38-41H,8-9,12-13,22-23H2,1-4H3,(H,48,50)(H,49,51)(H,52,58)(H,53,59)/t38-,39-,40-,41+/m0/s1. The van der Waals surface area contributed by atoms with Crippen molar-refractivity contribution in [1.82, 2.24) is 40.4 Å². The van der Waals surface area contributed by atoms with Crippen LogP contribution < -0.4 is 10.6 Å². The van der Waals surface area contributed by atoms with E-state index in [9.17, 15) is 19.2 Å². The summed E-state index contributed by atoms with van der Waals surface area (Å²) < 4.78 is 9.60. The van der Waals surface area contributed by atoms with Crippen LogP contribution in [0.25, 0.3) is 44.4 Å². The Balaban J connectivity index is 0.943. The quantitative estimate of drug-likeness (QED) is 0.101. The SMILES string of the molecule is COC(=O)N[C@H](C(=O)N1CCC[C@H]1c1ncc(-c2ccc(-c3ccc4cc(-c5cnc([C@@H]6CCCN6C(=O)[C@H](NC(=O)OC)c6ccccc6)[nH]5)ccc4c3)cc2)[nH]1)C(C)C. The Labute approximate surface area is 354 Å². The number of ether oxygens (including phenoxy) is 2. The van der Waals surface area contributed by atoms with Crippen LogP contribution in [0.3, 0.4) is 0 Å². The van der Waals surface area contributed by atoms with E-state index in [0.717, 1.165) is 75.9 Å². The first kappa shape index (κ1) is 40.8. The number of carbonyl (C=O) groups is 4. The number of hydrogen-bond acceptors (Lipinski definition) is 8. The number of rotatable bonds is 11. The maximum Gasteiger partial charge on any atom is 0.407 e. The van der Waals surface area contributed by atoms with Crippen molar-refractivity contribution in [3.8, 4) is 33.6 Å². The monoisotopic (exact) mass is 822 g/mol. The molecule has 61 heavy (non-hydrogen) atoms. The molecule has 2 aromatic heterocycles. The number of alkyl carbamates (subject to hydrolysis) is 2. The molecule has 14 heteroatoms. The Morgan fingerprint density at radius 2 is 1.15 bits per heavy atom. The second kappa shape index (κ2) is 17.7. The lowest BCUT2D eigenvalue weighted by Gasteiger charge is -2.30. The van der Waals surface area contributed by atoms with E-state index in [1.165, 1.54) is 14.2 Å². The number of aromatic nitrogens is 4. The molecule has 0 saturated carbocycles. The van der Waals surface area contributed by atoms with E-state index >= 15 is 0 Å². The lowest BCUT2D eigenvalue weighted by Crippen LogP contribution is -2.51. The van der Waals surface area contributed by atoms with Crippen LogP contribution in [0.15, 0.2) is 103 Å². The van der Waals surface area contributed by atoms with Crippen LogP contribution in [0.1, 0.15) is 74.9 Å². The topological polar surface area (TPSA) is 175 Å². The zero-order valence-electron chi connectivity index (χ0n) is 34.7. The molecule has 2 aliphatic heterocycles. The highest BCUT2D eigenvalue weighted by Crippen LogP contribution is 2.36. The molecule has 4 aromatic carbocycles. The smallest absolute Gasteiger partial charge is 0.407 e. The zero-order chi connectivity index (χ0) is 42.6. The van der Waals surface area contributed by atoms with Crippen molar-refractivity contribution < 1.29 is 28.7 Å². The number of nitrogens with zero attached hydrogens (tertiary/aromatic N) is 4. The van der Waals surface area contributed by atoms with Crippen molar-refractivity contribution in [3.63, 3.8) is 0 Å². The van der Waals surface area contributed by atoms with Crippen molar-refractivity contribution in [1.29, 1.82) is 0 Å². The highest BCUT2D eigenvalue weighted by Gasteiger charge is 2.39. The summed E-state index contributed by atoms with van der Waals surface area (Å²) in [7, 11) is 2.57. The van der Waals surface area contributed by atoms with E-state index in [1.54, 1.807) is 4.90 Å². The third kappa shape index (κ3) is 8.56. The number of carbonyl (C=O) groups excluding carboxylic acids is 4. The van der Waals surface area contributed by atoms with E-state index in [1.807, 2.05) is 61.5 Å². The number of methoxy groups -OCH3 is 2. The first-order chi connectivity index (χ1) is 29.6. The van der Waals surface area contributed by atoms with Crippen LogP contribution in [0.5, 0.6) is 0 Å².